The Morgan fingerprint density at radius 2 is 1.68 bits per heavy atom. The number of halogens is 4. The summed E-state index contributed by atoms with van der Waals surface area (Å²) < 4.78 is 20.9. The molecule has 0 unspecified atom stereocenters. The second kappa shape index (κ2) is 8.82. The Labute approximate surface area is 181 Å². The van der Waals surface area contributed by atoms with E-state index in [1.807, 2.05) is 26.0 Å². The van der Waals surface area contributed by atoms with Crippen molar-refractivity contribution in [2.75, 3.05) is 4.72 Å². The fraction of sp³-hybridized carbons (Fsp3) is 0.211. The molecule has 2 aromatic carbocycles. The predicted molar refractivity (Wildman–Crippen MR) is 116 cm³/mol. The summed E-state index contributed by atoms with van der Waals surface area (Å²) >= 11 is 19.8. The number of hydrogen-bond acceptors (Lipinski definition) is 3. The van der Waals surface area contributed by atoms with E-state index in [1.54, 1.807) is 16.8 Å². The summed E-state index contributed by atoms with van der Waals surface area (Å²) in [6.45, 7) is 4.63. The Bertz CT molecular complexity index is 1060. The third-order valence-electron chi connectivity index (χ3n) is 4.19. The van der Waals surface area contributed by atoms with Crippen LogP contribution in [0.5, 0.6) is 0 Å². The van der Waals surface area contributed by atoms with Crippen LogP contribution in [-0.4, -0.2) is 9.36 Å². The van der Waals surface area contributed by atoms with E-state index >= 15 is 0 Å². The number of nitrogens with one attached hydrogen (secondary N) is 1. The molecule has 148 valence electrons. The Morgan fingerprint density at radius 3 is 2.25 bits per heavy atom. The molecule has 1 N–H and O–H groups in total. The zero-order chi connectivity index (χ0) is 20.4. The van der Waals surface area contributed by atoms with Crippen LogP contribution in [-0.2, 0) is 13.1 Å². The van der Waals surface area contributed by atoms with E-state index in [0.29, 0.717) is 23.8 Å². The van der Waals surface area contributed by atoms with Gasteiger partial charge in [-0.3, -0.25) is 9.48 Å². The highest BCUT2D eigenvalue weighted by Crippen LogP contribution is 2.36. The summed E-state index contributed by atoms with van der Waals surface area (Å²) in [4.78, 5) is 13.7. The maximum absolute atomic E-state index is 14.7. The molecule has 1 heterocycles. The van der Waals surface area contributed by atoms with Gasteiger partial charge in [0, 0.05) is 28.6 Å². The molecule has 9 heteroatoms. The van der Waals surface area contributed by atoms with Crippen LogP contribution < -0.4 is 10.3 Å². The monoisotopic (exact) mass is 459 g/mol. The van der Waals surface area contributed by atoms with Gasteiger partial charge in [-0.2, -0.15) is 0 Å². The first-order valence-electron chi connectivity index (χ1n) is 8.54. The first-order chi connectivity index (χ1) is 13.4. The molecule has 0 saturated carbocycles. The molecule has 0 radical (unpaired) electrons. The van der Waals surface area contributed by atoms with Gasteiger partial charge in [-0.25, -0.2) is 9.07 Å². The van der Waals surface area contributed by atoms with Crippen molar-refractivity contribution in [3.8, 4) is 11.1 Å². The molecule has 3 aromatic rings. The van der Waals surface area contributed by atoms with Gasteiger partial charge < -0.3 is 4.72 Å². The highest BCUT2D eigenvalue weighted by molar-refractivity contribution is 8.00. The minimum atomic E-state index is -0.609. The fourth-order valence-corrected chi connectivity index (χ4v) is 4.29. The van der Waals surface area contributed by atoms with Crippen molar-refractivity contribution in [1.29, 1.82) is 0 Å². The highest BCUT2D eigenvalue weighted by Gasteiger charge is 2.22. The Hall–Kier alpha value is -1.60. The van der Waals surface area contributed by atoms with Crippen LogP contribution in [0.1, 0.15) is 13.8 Å². The predicted octanol–water partition coefficient (Wildman–Crippen LogP) is 6.58. The molecular weight excluding hydrogens is 444 g/mol. The second-order valence-electron chi connectivity index (χ2n) is 5.87. The van der Waals surface area contributed by atoms with E-state index in [4.69, 9.17) is 34.8 Å². The first kappa shape index (κ1) is 21.1. The van der Waals surface area contributed by atoms with Gasteiger partial charge in [-0.1, -0.05) is 34.8 Å². The van der Waals surface area contributed by atoms with Gasteiger partial charge in [0.2, 0.25) is 0 Å². The molecule has 0 aliphatic carbocycles. The van der Waals surface area contributed by atoms with Crippen LogP contribution in [0.15, 0.2) is 46.1 Å². The number of benzene rings is 2. The molecule has 0 amide bonds. The van der Waals surface area contributed by atoms with E-state index in [9.17, 15) is 9.18 Å². The van der Waals surface area contributed by atoms with E-state index in [1.165, 1.54) is 28.8 Å². The lowest BCUT2D eigenvalue weighted by Crippen LogP contribution is -2.22. The van der Waals surface area contributed by atoms with Crippen LogP contribution in [0.3, 0.4) is 0 Å². The molecule has 0 fully saturated rings. The molecule has 0 bridgehead atoms. The van der Waals surface area contributed by atoms with E-state index < -0.39 is 5.82 Å². The van der Waals surface area contributed by atoms with Crippen LogP contribution in [0.25, 0.3) is 11.1 Å². The van der Waals surface area contributed by atoms with Gasteiger partial charge in [0.25, 0.3) is 5.56 Å². The smallest absolute Gasteiger partial charge is 0.276 e. The lowest BCUT2D eigenvalue weighted by Gasteiger charge is -2.11. The van der Waals surface area contributed by atoms with Crippen LogP contribution >= 0.6 is 46.8 Å². The summed E-state index contributed by atoms with van der Waals surface area (Å²) in [6.07, 6.45) is 0. The topological polar surface area (TPSA) is 39.0 Å². The van der Waals surface area contributed by atoms with E-state index in [-0.39, 0.29) is 26.9 Å². The molecule has 0 atom stereocenters. The van der Waals surface area contributed by atoms with Gasteiger partial charge in [0.15, 0.2) is 0 Å². The van der Waals surface area contributed by atoms with Crippen LogP contribution in [0.2, 0.25) is 15.2 Å². The van der Waals surface area contributed by atoms with Crippen molar-refractivity contribution in [1.82, 2.24) is 9.36 Å². The molecule has 28 heavy (non-hydrogen) atoms. The van der Waals surface area contributed by atoms with Gasteiger partial charge in [0.1, 0.15) is 11.0 Å². The molecule has 3 rings (SSSR count). The fourth-order valence-electron chi connectivity index (χ4n) is 2.85. The van der Waals surface area contributed by atoms with Crippen molar-refractivity contribution < 1.29 is 4.39 Å². The minimum Gasteiger partial charge on any atom is -0.324 e. The Balaban J connectivity index is 2.02. The maximum atomic E-state index is 14.7. The lowest BCUT2D eigenvalue weighted by atomic mass is 10.1. The Kier molecular flexibility index (Phi) is 6.65. The average molecular weight is 461 g/mol. The van der Waals surface area contributed by atoms with Crippen molar-refractivity contribution >= 4 is 52.4 Å². The third kappa shape index (κ3) is 4.06. The quantitative estimate of drug-likeness (QED) is 0.423. The van der Waals surface area contributed by atoms with E-state index in [2.05, 4.69) is 4.72 Å². The molecular formula is C19H17Cl3FN3OS. The highest BCUT2D eigenvalue weighted by atomic mass is 35.5. The van der Waals surface area contributed by atoms with Gasteiger partial charge in [-0.15, -0.1) is 0 Å². The lowest BCUT2D eigenvalue weighted by molar-refractivity contribution is 0.477. The first-order valence-corrected chi connectivity index (χ1v) is 10.5. The molecule has 0 spiro atoms. The van der Waals surface area contributed by atoms with Crippen LogP contribution in [0, 0.1) is 5.82 Å². The largest absolute Gasteiger partial charge is 0.324 e. The molecule has 1 aromatic heterocycles. The summed E-state index contributed by atoms with van der Waals surface area (Å²) in [7, 11) is 0. The van der Waals surface area contributed by atoms with Crippen molar-refractivity contribution in [3.05, 3.63) is 67.8 Å². The molecule has 0 aliphatic heterocycles. The van der Waals surface area contributed by atoms with Gasteiger partial charge >= 0.3 is 0 Å². The SMILES string of the molecule is CCn1c(Cl)c(-c2cc(NSc3ccc(Cl)cc3)c(Cl)cc2F)c(=O)n1CC. The molecule has 4 nitrogen and oxygen atoms in total. The van der Waals surface area contributed by atoms with Gasteiger partial charge in [0.05, 0.1) is 16.3 Å². The zero-order valence-electron chi connectivity index (χ0n) is 15.1. The maximum Gasteiger partial charge on any atom is 0.276 e. The summed E-state index contributed by atoms with van der Waals surface area (Å²) in [5, 5.41) is 1.03. The number of nitrogens with zero attached hydrogens (tertiary/aromatic N) is 2. The van der Waals surface area contributed by atoms with Crippen molar-refractivity contribution in [3.63, 3.8) is 0 Å². The normalized spacial score (nSPS) is 11.1. The number of hydrogen-bond donors (Lipinski definition) is 1. The average Bonchev–Trinajstić information content (AvgIpc) is 2.91. The molecule has 0 aliphatic rings. The number of rotatable bonds is 6. The zero-order valence-corrected chi connectivity index (χ0v) is 18.2. The second-order valence-corrected chi connectivity index (χ2v) is 7.95. The van der Waals surface area contributed by atoms with E-state index in [0.717, 1.165) is 4.90 Å². The number of anilines is 1. The third-order valence-corrected chi connectivity index (χ3v) is 5.97. The summed E-state index contributed by atoms with van der Waals surface area (Å²) in [5.41, 5.74) is 0.361. The minimum absolute atomic E-state index is 0.105. The van der Waals surface area contributed by atoms with Crippen molar-refractivity contribution in [2.24, 2.45) is 0 Å². The van der Waals surface area contributed by atoms with Crippen molar-refractivity contribution in [2.45, 2.75) is 31.8 Å². The van der Waals surface area contributed by atoms with Gasteiger partial charge in [-0.05, 0) is 62.2 Å². The van der Waals surface area contributed by atoms with Crippen LogP contribution in [0.4, 0.5) is 10.1 Å². The summed E-state index contributed by atoms with van der Waals surface area (Å²) in [6, 6.07) is 9.90. The standard InChI is InChI=1S/C19H17Cl3FN3OS/c1-3-25-18(22)17(19(27)26(25)4-2)13-9-16(14(21)10-15(13)23)24-28-12-7-5-11(20)6-8-12/h5-10,24H,3-4H2,1-2H3. The molecule has 0 saturated heterocycles. The summed E-state index contributed by atoms with van der Waals surface area (Å²) in [5.74, 6) is -0.609. The Morgan fingerprint density at radius 1 is 1.04 bits per heavy atom. The number of aromatic nitrogens is 2.